The van der Waals surface area contributed by atoms with Gasteiger partial charge in [-0.05, 0) is 58.3 Å². The summed E-state index contributed by atoms with van der Waals surface area (Å²) in [7, 11) is 0. The summed E-state index contributed by atoms with van der Waals surface area (Å²) in [5, 5.41) is 12.4. The number of anilines is 2. The number of hydrogen-bond donors (Lipinski definition) is 3. The van der Waals surface area contributed by atoms with Crippen LogP contribution in [-0.2, 0) is 16.0 Å². The zero-order chi connectivity index (χ0) is 24.4. The van der Waals surface area contributed by atoms with Gasteiger partial charge in [0.05, 0.1) is 24.6 Å². The van der Waals surface area contributed by atoms with Gasteiger partial charge in [0.1, 0.15) is 11.3 Å². The average molecular weight is 490 g/mol. The lowest BCUT2D eigenvalue weighted by Crippen LogP contribution is -2.37. The Balaban J connectivity index is 1.39. The third-order valence-corrected chi connectivity index (χ3v) is 5.86. The first kappa shape index (κ1) is 26.1. The lowest BCUT2D eigenvalue weighted by Gasteiger charge is -2.26. The molecule has 2 amide bonds. The van der Waals surface area contributed by atoms with Crippen LogP contribution in [0.5, 0.6) is 0 Å². The van der Waals surface area contributed by atoms with Crippen LogP contribution < -0.4 is 16.0 Å². The monoisotopic (exact) mass is 489 g/mol. The molecule has 3 heterocycles. The van der Waals surface area contributed by atoms with Crippen molar-refractivity contribution >= 4 is 34.7 Å². The Morgan fingerprint density at radius 1 is 1.12 bits per heavy atom. The smallest absolute Gasteiger partial charge is 0.412 e. The molecule has 0 bridgehead atoms. The third kappa shape index (κ3) is 9.02. The molecule has 186 valence electrons. The second-order valence-corrected chi connectivity index (χ2v) is 9.91. The van der Waals surface area contributed by atoms with E-state index in [9.17, 15) is 9.59 Å². The number of nitrogens with one attached hydrogen (secondary N) is 3. The van der Waals surface area contributed by atoms with E-state index in [1.54, 1.807) is 43.8 Å². The first-order chi connectivity index (χ1) is 16.3. The van der Waals surface area contributed by atoms with E-state index in [1.807, 2.05) is 6.07 Å². The number of nitrogens with zero attached hydrogens (tertiary/aromatic N) is 2. The van der Waals surface area contributed by atoms with Crippen molar-refractivity contribution in [3.63, 3.8) is 0 Å². The predicted molar refractivity (Wildman–Crippen MR) is 135 cm³/mol. The highest BCUT2D eigenvalue weighted by molar-refractivity contribution is 7.09. The minimum Gasteiger partial charge on any atom is -0.444 e. The van der Waals surface area contributed by atoms with Gasteiger partial charge in [-0.25, -0.2) is 4.79 Å². The van der Waals surface area contributed by atoms with Crippen molar-refractivity contribution in [1.29, 1.82) is 0 Å². The SMILES string of the molecule is CC(C)(C)OC(=O)Nc1cscc1NC(=O)c1ccc(CNCCCCN2CCOCC2)cn1. The Hall–Kier alpha value is -2.53. The van der Waals surface area contributed by atoms with Crippen LogP contribution in [0.3, 0.4) is 0 Å². The summed E-state index contributed by atoms with van der Waals surface area (Å²) in [6.07, 6.45) is 3.42. The van der Waals surface area contributed by atoms with Crippen molar-refractivity contribution in [2.75, 3.05) is 50.0 Å². The predicted octanol–water partition coefficient (Wildman–Crippen LogP) is 3.94. The molecule has 1 aliphatic heterocycles. The van der Waals surface area contributed by atoms with Crippen LogP contribution >= 0.6 is 11.3 Å². The zero-order valence-electron chi connectivity index (χ0n) is 20.2. The van der Waals surface area contributed by atoms with Gasteiger partial charge in [0, 0.05) is 36.6 Å². The van der Waals surface area contributed by atoms with Gasteiger partial charge in [-0.3, -0.25) is 20.0 Å². The van der Waals surface area contributed by atoms with E-state index in [-0.39, 0.29) is 5.91 Å². The van der Waals surface area contributed by atoms with Crippen molar-refractivity contribution in [2.45, 2.75) is 45.8 Å². The molecule has 1 saturated heterocycles. The molecule has 0 aromatic carbocycles. The molecule has 0 aliphatic carbocycles. The lowest BCUT2D eigenvalue weighted by atomic mass is 10.2. The molecule has 9 nitrogen and oxygen atoms in total. The van der Waals surface area contributed by atoms with Crippen molar-refractivity contribution in [3.8, 4) is 0 Å². The number of thiophene rings is 1. The van der Waals surface area contributed by atoms with Crippen LogP contribution in [0, 0.1) is 0 Å². The Kier molecular flexibility index (Phi) is 9.82. The third-order valence-electron chi connectivity index (χ3n) is 5.11. The number of morpholine rings is 1. The number of hydrogen-bond acceptors (Lipinski definition) is 8. The molecule has 0 saturated carbocycles. The number of carbonyl (C=O) groups excluding carboxylic acids is 2. The van der Waals surface area contributed by atoms with E-state index < -0.39 is 11.7 Å². The molecule has 3 rings (SSSR count). The molecule has 0 spiro atoms. The average Bonchev–Trinajstić information content (AvgIpc) is 3.22. The molecule has 1 fully saturated rings. The van der Waals surface area contributed by atoms with Gasteiger partial charge in [-0.1, -0.05) is 6.07 Å². The van der Waals surface area contributed by atoms with Crippen LogP contribution in [-0.4, -0.2) is 66.9 Å². The number of unbranched alkanes of at least 4 members (excludes halogenated alkanes) is 1. The molecule has 0 unspecified atom stereocenters. The first-order valence-electron chi connectivity index (χ1n) is 11.6. The van der Waals surface area contributed by atoms with Crippen LogP contribution in [0.15, 0.2) is 29.1 Å². The van der Waals surface area contributed by atoms with Gasteiger partial charge in [0.25, 0.3) is 5.91 Å². The Morgan fingerprint density at radius 2 is 1.85 bits per heavy atom. The topological polar surface area (TPSA) is 105 Å². The Morgan fingerprint density at radius 3 is 2.53 bits per heavy atom. The summed E-state index contributed by atoms with van der Waals surface area (Å²) in [4.78, 5) is 31.4. The zero-order valence-corrected chi connectivity index (χ0v) is 21.0. The summed E-state index contributed by atoms with van der Waals surface area (Å²) in [5.41, 5.74) is 1.72. The molecule has 0 radical (unpaired) electrons. The van der Waals surface area contributed by atoms with E-state index in [0.29, 0.717) is 23.6 Å². The Labute approximate surface area is 205 Å². The van der Waals surface area contributed by atoms with Gasteiger partial charge in [0.2, 0.25) is 0 Å². The molecule has 1 aliphatic rings. The highest BCUT2D eigenvalue weighted by Crippen LogP contribution is 2.27. The maximum absolute atomic E-state index is 12.6. The van der Waals surface area contributed by atoms with Gasteiger partial charge in [-0.2, -0.15) is 0 Å². The first-order valence-corrected chi connectivity index (χ1v) is 12.6. The van der Waals surface area contributed by atoms with Crippen LogP contribution in [0.4, 0.5) is 16.2 Å². The van der Waals surface area contributed by atoms with Crippen molar-refractivity contribution in [2.24, 2.45) is 0 Å². The quantitative estimate of drug-likeness (QED) is 0.434. The fourth-order valence-electron chi connectivity index (χ4n) is 3.40. The van der Waals surface area contributed by atoms with E-state index in [0.717, 1.165) is 57.8 Å². The van der Waals surface area contributed by atoms with Crippen molar-refractivity contribution < 1.29 is 19.1 Å². The van der Waals surface area contributed by atoms with Gasteiger partial charge in [-0.15, -0.1) is 11.3 Å². The second kappa shape index (κ2) is 12.8. The molecule has 3 N–H and O–H groups in total. The summed E-state index contributed by atoms with van der Waals surface area (Å²) >= 11 is 1.37. The molecule has 2 aromatic heterocycles. The highest BCUT2D eigenvalue weighted by Gasteiger charge is 2.18. The van der Waals surface area contributed by atoms with E-state index in [1.165, 1.54) is 11.3 Å². The summed E-state index contributed by atoms with van der Waals surface area (Å²) in [6.45, 7) is 11.9. The van der Waals surface area contributed by atoms with Crippen molar-refractivity contribution in [1.82, 2.24) is 15.2 Å². The minimum absolute atomic E-state index is 0.309. The Bertz CT molecular complexity index is 920. The van der Waals surface area contributed by atoms with Crippen molar-refractivity contribution in [3.05, 3.63) is 40.3 Å². The second-order valence-electron chi connectivity index (χ2n) is 9.17. The maximum Gasteiger partial charge on any atom is 0.412 e. The molecule has 34 heavy (non-hydrogen) atoms. The van der Waals surface area contributed by atoms with Gasteiger partial charge < -0.3 is 20.1 Å². The number of carbonyl (C=O) groups is 2. The standard InChI is InChI=1S/C24H35N5O4S/c1-24(2,3)33-23(31)28-21-17-34-16-20(21)27-22(30)19-7-6-18(15-26-19)14-25-8-4-5-9-29-10-12-32-13-11-29/h6-7,15-17,25H,4-5,8-14H2,1-3H3,(H,27,30)(H,28,31). The van der Waals surface area contributed by atoms with E-state index in [4.69, 9.17) is 9.47 Å². The normalized spacial score (nSPS) is 14.6. The van der Waals surface area contributed by atoms with E-state index >= 15 is 0 Å². The summed E-state index contributed by atoms with van der Waals surface area (Å²) in [6, 6.07) is 3.61. The maximum atomic E-state index is 12.6. The molecule has 0 atom stereocenters. The van der Waals surface area contributed by atoms with Gasteiger partial charge >= 0.3 is 6.09 Å². The van der Waals surface area contributed by atoms with Crippen LogP contribution in [0.25, 0.3) is 0 Å². The molecular formula is C24H35N5O4S. The number of rotatable bonds is 10. The fraction of sp³-hybridized carbons (Fsp3) is 0.542. The summed E-state index contributed by atoms with van der Waals surface area (Å²) < 4.78 is 10.6. The number of amides is 2. The van der Waals surface area contributed by atoms with E-state index in [2.05, 4.69) is 25.8 Å². The van der Waals surface area contributed by atoms with Gasteiger partial charge in [0.15, 0.2) is 0 Å². The van der Waals surface area contributed by atoms with Crippen LogP contribution in [0.2, 0.25) is 0 Å². The molecule has 2 aromatic rings. The number of pyridine rings is 1. The molecule has 10 heteroatoms. The fourth-order valence-corrected chi connectivity index (χ4v) is 4.11. The minimum atomic E-state index is -0.604. The lowest BCUT2D eigenvalue weighted by molar-refractivity contribution is 0.0372. The number of ether oxygens (including phenoxy) is 2. The van der Waals surface area contributed by atoms with Crippen LogP contribution in [0.1, 0.15) is 49.7 Å². The number of aromatic nitrogens is 1. The largest absolute Gasteiger partial charge is 0.444 e. The molecular weight excluding hydrogens is 454 g/mol. The highest BCUT2D eigenvalue weighted by atomic mass is 32.1. The summed E-state index contributed by atoms with van der Waals surface area (Å²) in [5.74, 6) is -0.340.